The van der Waals surface area contributed by atoms with Gasteiger partial charge in [-0.1, -0.05) is 0 Å². The summed E-state index contributed by atoms with van der Waals surface area (Å²) in [4.78, 5) is 22.8. The number of carbonyl (C=O) groups is 2. The van der Waals surface area contributed by atoms with Crippen LogP contribution in [0.3, 0.4) is 0 Å². The first-order chi connectivity index (χ1) is 8.54. The number of nitrogens with one attached hydrogen (secondary N) is 2. The van der Waals surface area contributed by atoms with E-state index < -0.39 is 11.7 Å². The van der Waals surface area contributed by atoms with E-state index in [1.165, 1.54) is 12.1 Å². The minimum absolute atomic E-state index is 0.125. The second-order valence-electron chi connectivity index (χ2n) is 3.59. The first-order valence-corrected chi connectivity index (χ1v) is 6.34. The smallest absolute Gasteiger partial charge is 0.251 e. The molecule has 0 aromatic heterocycles. The summed E-state index contributed by atoms with van der Waals surface area (Å²) < 4.78 is 13.5. The van der Waals surface area contributed by atoms with Crippen molar-refractivity contribution >= 4 is 27.7 Å². The van der Waals surface area contributed by atoms with Crippen LogP contribution in [0.5, 0.6) is 0 Å². The third kappa shape index (κ3) is 4.44. The highest BCUT2D eigenvalue weighted by molar-refractivity contribution is 9.10. The number of hydrogen-bond acceptors (Lipinski definition) is 2. The summed E-state index contributed by atoms with van der Waals surface area (Å²) >= 11 is 3.01. The lowest BCUT2D eigenvalue weighted by atomic mass is 10.2. The molecule has 0 heterocycles. The topological polar surface area (TPSA) is 58.2 Å². The van der Waals surface area contributed by atoms with Gasteiger partial charge >= 0.3 is 0 Å². The lowest BCUT2D eigenvalue weighted by Crippen LogP contribution is -2.30. The standard InChI is InChI=1S/C12H14BrFN2O2/c1-2-15-11(17)5-6-16-12(18)8-3-4-9(13)10(14)7-8/h3-4,7H,2,5-6H2,1H3,(H,15,17)(H,16,18). The van der Waals surface area contributed by atoms with Gasteiger partial charge in [0.15, 0.2) is 0 Å². The van der Waals surface area contributed by atoms with E-state index >= 15 is 0 Å². The number of rotatable bonds is 5. The Kier molecular flexibility index (Phi) is 5.77. The fourth-order valence-corrected chi connectivity index (χ4v) is 1.56. The van der Waals surface area contributed by atoms with Crippen molar-refractivity contribution in [2.24, 2.45) is 0 Å². The molecule has 0 fully saturated rings. The van der Waals surface area contributed by atoms with Crippen LogP contribution in [0.4, 0.5) is 4.39 Å². The lowest BCUT2D eigenvalue weighted by Gasteiger charge is -2.06. The van der Waals surface area contributed by atoms with Gasteiger partial charge in [-0.25, -0.2) is 4.39 Å². The Hall–Kier alpha value is -1.43. The van der Waals surface area contributed by atoms with Gasteiger partial charge in [-0.05, 0) is 41.1 Å². The van der Waals surface area contributed by atoms with Crippen LogP contribution in [-0.2, 0) is 4.79 Å². The minimum Gasteiger partial charge on any atom is -0.356 e. The minimum atomic E-state index is -0.494. The van der Waals surface area contributed by atoms with Crippen molar-refractivity contribution in [3.8, 4) is 0 Å². The Morgan fingerprint density at radius 1 is 1.33 bits per heavy atom. The van der Waals surface area contributed by atoms with E-state index in [4.69, 9.17) is 0 Å². The van der Waals surface area contributed by atoms with Crippen LogP contribution < -0.4 is 10.6 Å². The molecular formula is C12H14BrFN2O2. The number of benzene rings is 1. The summed E-state index contributed by atoms with van der Waals surface area (Å²) in [5.74, 6) is -1.02. The van der Waals surface area contributed by atoms with Crippen molar-refractivity contribution in [3.05, 3.63) is 34.1 Å². The predicted molar refractivity (Wildman–Crippen MR) is 69.7 cm³/mol. The highest BCUT2D eigenvalue weighted by Gasteiger charge is 2.08. The van der Waals surface area contributed by atoms with Crippen molar-refractivity contribution < 1.29 is 14.0 Å². The van der Waals surface area contributed by atoms with Gasteiger partial charge in [0.1, 0.15) is 5.82 Å². The fourth-order valence-electron chi connectivity index (χ4n) is 1.31. The highest BCUT2D eigenvalue weighted by atomic mass is 79.9. The van der Waals surface area contributed by atoms with E-state index in [2.05, 4.69) is 26.6 Å². The first kappa shape index (κ1) is 14.6. The van der Waals surface area contributed by atoms with Crippen molar-refractivity contribution in [3.63, 3.8) is 0 Å². The van der Waals surface area contributed by atoms with Crippen LogP contribution >= 0.6 is 15.9 Å². The third-order valence-electron chi connectivity index (χ3n) is 2.19. The van der Waals surface area contributed by atoms with Gasteiger partial charge in [0, 0.05) is 25.1 Å². The summed E-state index contributed by atoms with van der Waals surface area (Å²) in [6, 6.07) is 4.12. The monoisotopic (exact) mass is 316 g/mol. The third-order valence-corrected chi connectivity index (χ3v) is 2.84. The van der Waals surface area contributed by atoms with E-state index in [0.717, 1.165) is 6.07 Å². The molecule has 0 aliphatic carbocycles. The van der Waals surface area contributed by atoms with Gasteiger partial charge in [0.25, 0.3) is 5.91 Å². The Labute approximate surface area is 113 Å². The van der Waals surface area contributed by atoms with E-state index in [9.17, 15) is 14.0 Å². The summed E-state index contributed by atoms with van der Waals surface area (Å²) in [6.45, 7) is 2.61. The number of halogens is 2. The van der Waals surface area contributed by atoms with Crippen LogP contribution in [0, 0.1) is 5.82 Å². The molecule has 2 amide bonds. The molecule has 98 valence electrons. The van der Waals surface area contributed by atoms with Crippen molar-refractivity contribution in [2.75, 3.05) is 13.1 Å². The summed E-state index contributed by atoms with van der Waals surface area (Å²) in [6.07, 6.45) is 0.207. The average Bonchev–Trinajstić information content (AvgIpc) is 2.33. The molecule has 0 spiro atoms. The maximum Gasteiger partial charge on any atom is 0.251 e. The second kappa shape index (κ2) is 7.10. The Morgan fingerprint density at radius 3 is 2.67 bits per heavy atom. The van der Waals surface area contributed by atoms with Gasteiger partial charge < -0.3 is 10.6 Å². The number of amides is 2. The van der Waals surface area contributed by atoms with Crippen molar-refractivity contribution in [2.45, 2.75) is 13.3 Å². The molecule has 1 aromatic carbocycles. The zero-order chi connectivity index (χ0) is 13.5. The van der Waals surface area contributed by atoms with E-state index in [1.54, 1.807) is 0 Å². The molecule has 4 nitrogen and oxygen atoms in total. The molecule has 1 aromatic rings. The molecule has 6 heteroatoms. The molecule has 0 radical (unpaired) electrons. The summed E-state index contributed by atoms with van der Waals surface area (Å²) in [7, 11) is 0. The van der Waals surface area contributed by atoms with E-state index in [1.807, 2.05) is 6.92 Å². The molecule has 1 rings (SSSR count). The SMILES string of the molecule is CCNC(=O)CCNC(=O)c1ccc(Br)c(F)c1. The molecule has 18 heavy (non-hydrogen) atoms. The zero-order valence-electron chi connectivity index (χ0n) is 9.93. The Balaban J connectivity index is 2.45. The summed E-state index contributed by atoms with van der Waals surface area (Å²) in [5.41, 5.74) is 0.228. The normalized spacial score (nSPS) is 9.94. The average molecular weight is 317 g/mol. The predicted octanol–water partition coefficient (Wildman–Crippen LogP) is 1.84. The lowest BCUT2D eigenvalue weighted by molar-refractivity contribution is -0.120. The molecule has 0 unspecified atom stereocenters. The first-order valence-electron chi connectivity index (χ1n) is 5.54. The van der Waals surface area contributed by atoms with Gasteiger partial charge in [-0.15, -0.1) is 0 Å². The van der Waals surface area contributed by atoms with Gasteiger partial charge in [-0.2, -0.15) is 0 Å². The summed E-state index contributed by atoms with van der Waals surface area (Å²) in [5, 5.41) is 5.17. The fraction of sp³-hybridized carbons (Fsp3) is 0.333. The Bertz CT molecular complexity index is 452. The van der Waals surface area contributed by atoms with Crippen LogP contribution in [0.2, 0.25) is 0 Å². The van der Waals surface area contributed by atoms with Gasteiger partial charge in [0.05, 0.1) is 4.47 Å². The van der Waals surface area contributed by atoms with Gasteiger partial charge in [-0.3, -0.25) is 9.59 Å². The van der Waals surface area contributed by atoms with Crippen LogP contribution in [0.1, 0.15) is 23.7 Å². The molecule has 2 N–H and O–H groups in total. The largest absolute Gasteiger partial charge is 0.356 e. The maximum atomic E-state index is 13.2. The van der Waals surface area contributed by atoms with Crippen LogP contribution in [0.15, 0.2) is 22.7 Å². The zero-order valence-corrected chi connectivity index (χ0v) is 11.5. The molecule has 0 aliphatic rings. The molecule has 0 atom stereocenters. The van der Waals surface area contributed by atoms with Crippen LogP contribution in [0.25, 0.3) is 0 Å². The molecule has 0 saturated carbocycles. The Morgan fingerprint density at radius 2 is 2.06 bits per heavy atom. The second-order valence-corrected chi connectivity index (χ2v) is 4.44. The molecular weight excluding hydrogens is 303 g/mol. The molecule has 0 bridgehead atoms. The number of carbonyl (C=O) groups excluding carboxylic acids is 2. The van der Waals surface area contributed by atoms with Crippen LogP contribution in [-0.4, -0.2) is 24.9 Å². The quantitative estimate of drug-likeness (QED) is 0.871. The van der Waals surface area contributed by atoms with E-state index in [0.29, 0.717) is 11.0 Å². The van der Waals surface area contributed by atoms with Crippen molar-refractivity contribution in [1.29, 1.82) is 0 Å². The van der Waals surface area contributed by atoms with E-state index in [-0.39, 0.29) is 24.4 Å². The van der Waals surface area contributed by atoms with Crippen molar-refractivity contribution in [1.82, 2.24) is 10.6 Å². The maximum absolute atomic E-state index is 13.2. The number of hydrogen-bond donors (Lipinski definition) is 2. The molecule has 0 saturated heterocycles. The molecule has 0 aliphatic heterocycles. The van der Waals surface area contributed by atoms with Gasteiger partial charge in [0.2, 0.25) is 5.91 Å². The highest BCUT2D eigenvalue weighted by Crippen LogP contribution is 2.16.